The number of nitrogens with zero attached hydrogens (tertiary/aromatic N) is 4. The van der Waals surface area contributed by atoms with Crippen LogP contribution >= 0.6 is 11.6 Å². The molecule has 7 heteroatoms. The molecule has 1 amide bonds. The Kier molecular flexibility index (Phi) is 3.43. The smallest absolute Gasteiger partial charge is 0.252 e. The Morgan fingerprint density at radius 1 is 1.24 bits per heavy atom. The lowest BCUT2D eigenvalue weighted by molar-refractivity contribution is -0.123. The topological polar surface area (TPSA) is 58.6 Å². The van der Waals surface area contributed by atoms with Crippen molar-refractivity contribution in [1.29, 1.82) is 0 Å². The van der Waals surface area contributed by atoms with Gasteiger partial charge >= 0.3 is 0 Å². The number of halogens is 1. The summed E-state index contributed by atoms with van der Waals surface area (Å²) in [4.78, 5) is 25.8. The molecule has 2 aliphatic heterocycles. The van der Waals surface area contributed by atoms with Crippen molar-refractivity contribution in [2.24, 2.45) is 0 Å². The average Bonchev–Trinajstić information content (AvgIpc) is 3.06. The van der Waals surface area contributed by atoms with Crippen molar-refractivity contribution < 1.29 is 9.53 Å². The SMILES string of the molecule is O=C1C2COCCN2c2nc(Cl)ncc2N1C1CCc2ccccc21. The van der Waals surface area contributed by atoms with Crippen LogP contribution < -0.4 is 9.80 Å². The molecule has 0 radical (unpaired) electrons. The zero-order chi connectivity index (χ0) is 17.0. The van der Waals surface area contributed by atoms with Crippen molar-refractivity contribution in [1.82, 2.24) is 9.97 Å². The van der Waals surface area contributed by atoms with E-state index in [1.54, 1.807) is 6.20 Å². The maximum absolute atomic E-state index is 13.3. The van der Waals surface area contributed by atoms with Crippen LogP contribution in [0, 0.1) is 0 Å². The molecule has 3 aliphatic rings. The Bertz CT molecular complexity index is 859. The second-order valence-corrected chi connectivity index (χ2v) is 6.93. The van der Waals surface area contributed by atoms with Gasteiger partial charge in [-0.3, -0.25) is 9.69 Å². The number of ether oxygens (including phenoxy) is 1. The van der Waals surface area contributed by atoms with E-state index in [0.717, 1.165) is 24.3 Å². The number of carbonyl (C=O) groups is 1. The summed E-state index contributed by atoms with van der Waals surface area (Å²) in [6.45, 7) is 1.59. The number of anilines is 2. The first-order valence-corrected chi connectivity index (χ1v) is 8.89. The van der Waals surface area contributed by atoms with Gasteiger partial charge in [-0.05, 0) is 35.6 Å². The van der Waals surface area contributed by atoms with Gasteiger partial charge in [0.05, 0.1) is 25.5 Å². The van der Waals surface area contributed by atoms with Crippen molar-refractivity contribution in [3.63, 3.8) is 0 Å². The maximum atomic E-state index is 13.3. The molecule has 1 saturated heterocycles. The van der Waals surface area contributed by atoms with Crippen LogP contribution in [0.15, 0.2) is 30.5 Å². The summed E-state index contributed by atoms with van der Waals surface area (Å²) in [7, 11) is 0. The van der Waals surface area contributed by atoms with E-state index in [9.17, 15) is 4.79 Å². The molecule has 2 atom stereocenters. The molecule has 0 spiro atoms. The summed E-state index contributed by atoms with van der Waals surface area (Å²) in [5.41, 5.74) is 3.26. The van der Waals surface area contributed by atoms with Gasteiger partial charge in [-0.2, -0.15) is 4.98 Å². The van der Waals surface area contributed by atoms with Gasteiger partial charge < -0.3 is 9.64 Å². The third kappa shape index (κ3) is 2.24. The molecule has 3 heterocycles. The third-order valence-electron chi connectivity index (χ3n) is 5.32. The van der Waals surface area contributed by atoms with Gasteiger partial charge in [0.1, 0.15) is 11.7 Å². The Balaban J connectivity index is 1.65. The standard InChI is InChI=1S/C18H17ClN4O2/c19-18-20-9-14-16(21-18)22-7-8-25-10-15(22)17(24)23(14)13-6-5-11-3-1-2-4-12(11)13/h1-4,9,13,15H,5-8,10H2. The van der Waals surface area contributed by atoms with Crippen LogP contribution in [0.1, 0.15) is 23.6 Å². The lowest BCUT2D eigenvalue weighted by atomic mass is 10.0. The van der Waals surface area contributed by atoms with Gasteiger partial charge in [-0.1, -0.05) is 24.3 Å². The molecule has 6 nitrogen and oxygen atoms in total. The predicted octanol–water partition coefficient (Wildman–Crippen LogP) is 2.37. The molecule has 0 saturated carbocycles. The molecule has 25 heavy (non-hydrogen) atoms. The first kappa shape index (κ1) is 15.1. The molecule has 1 fully saturated rings. The molecule has 2 aromatic rings. The molecule has 128 valence electrons. The monoisotopic (exact) mass is 356 g/mol. The van der Waals surface area contributed by atoms with E-state index < -0.39 is 0 Å². The van der Waals surface area contributed by atoms with Crippen LogP contribution in [-0.4, -0.2) is 41.7 Å². The average molecular weight is 357 g/mol. The van der Waals surface area contributed by atoms with Crippen molar-refractivity contribution in [3.05, 3.63) is 46.9 Å². The number of aryl methyl sites for hydroxylation is 1. The lowest BCUT2D eigenvalue weighted by Gasteiger charge is -2.45. The largest absolute Gasteiger partial charge is 0.377 e. The normalized spacial score (nSPS) is 24.8. The molecule has 0 bridgehead atoms. The minimum Gasteiger partial charge on any atom is -0.377 e. The minimum atomic E-state index is -0.347. The number of amides is 1. The summed E-state index contributed by atoms with van der Waals surface area (Å²) in [5, 5.41) is 0.199. The number of aromatic nitrogens is 2. The van der Waals surface area contributed by atoms with Crippen LogP contribution in [-0.2, 0) is 16.0 Å². The Hall–Kier alpha value is -2.18. The molecule has 0 N–H and O–H groups in total. The van der Waals surface area contributed by atoms with Crippen molar-refractivity contribution >= 4 is 29.0 Å². The lowest BCUT2D eigenvalue weighted by Crippen LogP contribution is -2.59. The second-order valence-electron chi connectivity index (χ2n) is 6.59. The molecule has 5 rings (SSSR count). The molecular formula is C18H17ClN4O2. The Morgan fingerprint density at radius 3 is 3.04 bits per heavy atom. The highest BCUT2D eigenvalue weighted by molar-refractivity contribution is 6.28. The van der Waals surface area contributed by atoms with Crippen molar-refractivity contribution in [3.8, 4) is 0 Å². The van der Waals surface area contributed by atoms with Crippen LogP contribution in [0.3, 0.4) is 0 Å². The number of fused-ring (bicyclic) bond motifs is 4. The fourth-order valence-electron chi connectivity index (χ4n) is 4.19. The molecule has 1 aromatic heterocycles. The summed E-state index contributed by atoms with van der Waals surface area (Å²) in [6, 6.07) is 7.99. The first-order chi connectivity index (χ1) is 12.2. The van der Waals surface area contributed by atoms with E-state index in [4.69, 9.17) is 16.3 Å². The van der Waals surface area contributed by atoms with E-state index in [-0.39, 0.29) is 23.3 Å². The van der Waals surface area contributed by atoms with Crippen molar-refractivity contribution in [2.75, 3.05) is 29.6 Å². The van der Waals surface area contributed by atoms with Crippen LogP contribution in [0.25, 0.3) is 0 Å². The highest BCUT2D eigenvalue weighted by Gasteiger charge is 2.45. The van der Waals surface area contributed by atoms with Gasteiger partial charge in [0.25, 0.3) is 5.91 Å². The molecular weight excluding hydrogens is 340 g/mol. The van der Waals surface area contributed by atoms with Gasteiger partial charge in [-0.25, -0.2) is 4.98 Å². The first-order valence-electron chi connectivity index (χ1n) is 8.52. The highest BCUT2D eigenvalue weighted by atomic mass is 35.5. The van der Waals surface area contributed by atoms with Gasteiger partial charge in [0.15, 0.2) is 5.82 Å². The second kappa shape index (κ2) is 5.68. The summed E-state index contributed by atoms with van der Waals surface area (Å²) in [5.74, 6) is 0.789. The van der Waals surface area contributed by atoms with Crippen LogP contribution in [0.4, 0.5) is 11.5 Å². The van der Waals surface area contributed by atoms with Gasteiger partial charge in [0, 0.05) is 6.54 Å². The minimum absolute atomic E-state index is 0.0105. The molecule has 1 aromatic carbocycles. The zero-order valence-electron chi connectivity index (χ0n) is 13.6. The predicted molar refractivity (Wildman–Crippen MR) is 94.0 cm³/mol. The van der Waals surface area contributed by atoms with E-state index in [0.29, 0.717) is 19.8 Å². The summed E-state index contributed by atoms with van der Waals surface area (Å²) < 4.78 is 5.57. The highest BCUT2D eigenvalue weighted by Crippen LogP contribution is 2.44. The molecule has 1 aliphatic carbocycles. The summed E-state index contributed by atoms with van der Waals surface area (Å²) >= 11 is 6.05. The van der Waals surface area contributed by atoms with Crippen LogP contribution in [0.2, 0.25) is 5.28 Å². The summed E-state index contributed by atoms with van der Waals surface area (Å²) in [6.07, 6.45) is 3.55. The van der Waals surface area contributed by atoms with E-state index in [1.165, 1.54) is 11.1 Å². The quantitative estimate of drug-likeness (QED) is 0.734. The molecule has 2 unspecified atom stereocenters. The van der Waals surface area contributed by atoms with Crippen molar-refractivity contribution in [2.45, 2.75) is 24.9 Å². The fraction of sp³-hybridized carbons (Fsp3) is 0.389. The van der Waals surface area contributed by atoms with E-state index in [1.807, 2.05) is 21.9 Å². The number of benzene rings is 1. The van der Waals surface area contributed by atoms with E-state index >= 15 is 0 Å². The number of hydrogen-bond donors (Lipinski definition) is 0. The third-order valence-corrected chi connectivity index (χ3v) is 5.50. The van der Waals surface area contributed by atoms with E-state index in [2.05, 4.69) is 22.1 Å². The Morgan fingerprint density at radius 2 is 2.12 bits per heavy atom. The van der Waals surface area contributed by atoms with Crippen LogP contribution in [0.5, 0.6) is 0 Å². The number of morpholine rings is 1. The van der Waals surface area contributed by atoms with Gasteiger partial charge in [-0.15, -0.1) is 0 Å². The number of rotatable bonds is 1. The Labute approximate surface area is 150 Å². The fourth-order valence-corrected chi connectivity index (χ4v) is 4.32. The number of hydrogen-bond acceptors (Lipinski definition) is 5. The zero-order valence-corrected chi connectivity index (χ0v) is 14.3. The maximum Gasteiger partial charge on any atom is 0.252 e. The number of carbonyl (C=O) groups excluding carboxylic acids is 1. The van der Waals surface area contributed by atoms with Gasteiger partial charge in [0.2, 0.25) is 5.28 Å².